The smallest absolute Gasteiger partial charge is 0.171 e. The van der Waals surface area contributed by atoms with Crippen LogP contribution in [0.15, 0.2) is 18.3 Å². The number of anilines is 1. The van der Waals surface area contributed by atoms with Gasteiger partial charge in [-0.3, -0.25) is 5.41 Å². The van der Waals surface area contributed by atoms with E-state index in [0.717, 1.165) is 24.5 Å². The summed E-state index contributed by atoms with van der Waals surface area (Å²) < 4.78 is 11.2. The number of morpholine rings is 1. The summed E-state index contributed by atoms with van der Waals surface area (Å²) in [4.78, 5) is 6.44. The summed E-state index contributed by atoms with van der Waals surface area (Å²) in [5.74, 6) is 1.62. The lowest BCUT2D eigenvalue weighted by molar-refractivity contribution is 0.0820. The highest BCUT2D eigenvalue weighted by molar-refractivity contribution is 5.82. The quantitative estimate of drug-likeness (QED) is 0.612. The standard InChI is InChI=1S/C13H20N4O2/c1-2-7-18-10-4-3-5-16-13(10)17-6-8-19-11(9-17)12(14)15/h3-5,11H,2,6-9H2,1H3,(H3,14,15). The Hall–Kier alpha value is -1.82. The number of nitrogens with zero attached hydrogens (tertiary/aromatic N) is 2. The van der Waals surface area contributed by atoms with Crippen molar-refractivity contribution in [2.45, 2.75) is 19.4 Å². The summed E-state index contributed by atoms with van der Waals surface area (Å²) in [6.07, 6.45) is 2.33. The molecule has 0 bridgehead atoms. The van der Waals surface area contributed by atoms with Gasteiger partial charge in [-0.25, -0.2) is 4.98 Å². The molecule has 0 radical (unpaired) electrons. The number of nitrogens with two attached hydrogens (primary N) is 1. The third-order valence-electron chi connectivity index (χ3n) is 2.93. The average Bonchev–Trinajstić information content (AvgIpc) is 2.45. The summed E-state index contributed by atoms with van der Waals surface area (Å²) in [7, 11) is 0. The molecule has 1 saturated heterocycles. The number of nitrogens with one attached hydrogen (secondary N) is 1. The van der Waals surface area contributed by atoms with E-state index in [1.165, 1.54) is 0 Å². The Balaban J connectivity index is 2.14. The Labute approximate surface area is 113 Å². The van der Waals surface area contributed by atoms with Crippen molar-refractivity contribution in [1.82, 2.24) is 4.98 Å². The number of ether oxygens (including phenoxy) is 2. The number of amidine groups is 1. The maximum absolute atomic E-state index is 7.48. The molecule has 1 atom stereocenters. The highest BCUT2D eigenvalue weighted by Crippen LogP contribution is 2.26. The van der Waals surface area contributed by atoms with Gasteiger partial charge < -0.3 is 20.1 Å². The minimum atomic E-state index is -0.366. The van der Waals surface area contributed by atoms with E-state index in [9.17, 15) is 0 Å². The molecule has 6 heteroatoms. The fraction of sp³-hybridized carbons (Fsp3) is 0.538. The number of hydrogen-bond donors (Lipinski definition) is 2. The number of pyridine rings is 1. The molecule has 1 unspecified atom stereocenters. The van der Waals surface area contributed by atoms with Crippen molar-refractivity contribution in [1.29, 1.82) is 5.41 Å². The normalized spacial score (nSPS) is 19.2. The molecule has 0 spiro atoms. The second-order valence-electron chi connectivity index (χ2n) is 4.43. The molecule has 1 aliphatic heterocycles. The molecule has 0 aromatic carbocycles. The average molecular weight is 264 g/mol. The van der Waals surface area contributed by atoms with Crippen LogP contribution >= 0.6 is 0 Å². The topological polar surface area (TPSA) is 84.5 Å². The second-order valence-corrected chi connectivity index (χ2v) is 4.43. The third-order valence-corrected chi connectivity index (χ3v) is 2.93. The van der Waals surface area contributed by atoms with Crippen LogP contribution in [0.25, 0.3) is 0 Å². The minimum absolute atomic E-state index is 0.0525. The zero-order valence-corrected chi connectivity index (χ0v) is 11.1. The fourth-order valence-electron chi connectivity index (χ4n) is 1.97. The summed E-state index contributed by atoms with van der Waals surface area (Å²) in [6, 6.07) is 3.77. The van der Waals surface area contributed by atoms with Gasteiger partial charge in [0, 0.05) is 12.7 Å². The molecule has 0 aliphatic carbocycles. The van der Waals surface area contributed by atoms with Crippen LogP contribution in [-0.2, 0) is 4.74 Å². The van der Waals surface area contributed by atoms with E-state index in [2.05, 4.69) is 16.8 Å². The van der Waals surface area contributed by atoms with Crippen molar-refractivity contribution in [3.8, 4) is 5.75 Å². The summed E-state index contributed by atoms with van der Waals surface area (Å²) in [6.45, 7) is 4.53. The van der Waals surface area contributed by atoms with Gasteiger partial charge >= 0.3 is 0 Å². The van der Waals surface area contributed by atoms with E-state index in [4.69, 9.17) is 20.6 Å². The Morgan fingerprint density at radius 2 is 2.53 bits per heavy atom. The molecule has 104 valence electrons. The molecule has 1 aromatic rings. The Morgan fingerprint density at radius 1 is 1.68 bits per heavy atom. The van der Waals surface area contributed by atoms with Gasteiger partial charge in [-0.15, -0.1) is 0 Å². The fourth-order valence-corrected chi connectivity index (χ4v) is 1.97. The van der Waals surface area contributed by atoms with Crippen molar-refractivity contribution in [3.05, 3.63) is 18.3 Å². The van der Waals surface area contributed by atoms with E-state index in [-0.39, 0.29) is 11.9 Å². The SMILES string of the molecule is CCCOc1cccnc1N1CCOC(C(=N)N)C1. The first-order valence-electron chi connectivity index (χ1n) is 6.50. The summed E-state index contributed by atoms with van der Waals surface area (Å²) in [5, 5.41) is 7.48. The molecule has 2 rings (SSSR count). The van der Waals surface area contributed by atoms with Gasteiger partial charge in [0.05, 0.1) is 19.8 Å². The lowest BCUT2D eigenvalue weighted by Gasteiger charge is -2.33. The molecule has 19 heavy (non-hydrogen) atoms. The molecule has 6 nitrogen and oxygen atoms in total. The third kappa shape index (κ3) is 3.35. The predicted octanol–water partition coefficient (Wildman–Crippen LogP) is 1.01. The van der Waals surface area contributed by atoms with Crippen LogP contribution in [0.4, 0.5) is 5.82 Å². The number of rotatable bonds is 5. The molecule has 1 aromatic heterocycles. The molecular formula is C13H20N4O2. The van der Waals surface area contributed by atoms with E-state index < -0.39 is 0 Å². The zero-order valence-electron chi connectivity index (χ0n) is 11.1. The van der Waals surface area contributed by atoms with Crippen LogP contribution in [0.1, 0.15) is 13.3 Å². The van der Waals surface area contributed by atoms with Crippen LogP contribution in [-0.4, -0.2) is 43.2 Å². The van der Waals surface area contributed by atoms with Gasteiger partial charge in [0.15, 0.2) is 11.6 Å². The molecule has 1 aliphatic rings. The van der Waals surface area contributed by atoms with E-state index in [1.807, 2.05) is 12.1 Å². The van der Waals surface area contributed by atoms with Gasteiger partial charge in [-0.2, -0.15) is 0 Å². The summed E-state index contributed by atoms with van der Waals surface area (Å²) in [5.41, 5.74) is 5.51. The van der Waals surface area contributed by atoms with Gasteiger partial charge in [0.2, 0.25) is 0 Å². The first kappa shape index (κ1) is 13.6. The van der Waals surface area contributed by atoms with Crippen molar-refractivity contribution in [2.24, 2.45) is 5.73 Å². The highest BCUT2D eigenvalue weighted by Gasteiger charge is 2.25. The molecule has 0 saturated carbocycles. The van der Waals surface area contributed by atoms with Gasteiger partial charge in [0.1, 0.15) is 11.9 Å². The van der Waals surface area contributed by atoms with Crippen LogP contribution in [0.5, 0.6) is 5.75 Å². The Morgan fingerprint density at radius 3 is 3.26 bits per heavy atom. The molecular weight excluding hydrogens is 244 g/mol. The highest BCUT2D eigenvalue weighted by atomic mass is 16.5. The largest absolute Gasteiger partial charge is 0.490 e. The lowest BCUT2D eigenvalue weighted by atomic mass is 10.2. The number of hydrogen-bond acceptors (Lipinski definition) is 5. The van der Waals surface area contributed by atoms with Gasteiger partial charge in [-0.05, 0) is 18.6 Å². The number of aromatic nitrogens is 1. The van der Waals surface area contributed by atoms with Crippen LogP contribution in [0.3, 0.4) is 0 Å². The predicted molar refractivity (Wildman–Crippen MR) is 73.9 cm³/mol. The first-order valence-corrected chi connectivity index (χ1v) is 6.50. The molecule has 2 heterocycles. The van der Waals surface area contributed by atoms with E-state index >= 15 is 0 Å². The molecule has 3 N–H and O–H groups in total. The first-order chi connectivity index (χ1) is 9.22. The zero-order chi connectivity index (χ0) is 13.7. The van der Waals surface area contributed by atoms with Crippen LogP contribution < -0.4 is 15.4 Å². The maximum atomic E-state index is 7.48. The minimum Gasteiger partial charge on any atom is -0.490 e. The van der Waals surface area contributed by atoms with Crippen LogP contribution in [0.2, 0.25) is 0 Å². The Bertz CT molecular complexity index is 438. The monoisotopic (exact) mass is 264 g/mol. The second kappa shape index (κ2) is 6.38. The van der Waals surface area contributed by atoms with Crippen LogP contribution in [0, 0.1) is 5.41 Å². The Kier molecular flexibility index (Phi) is 4.57. The van der Waals surface area contributed by atoms with Gasteiger partial charge in [0.25, 0.3) is 0 Å². The van der Waals surface area contributed by atoms with Crippen molar-refractivity contribution >= 4 is 11.7 Å². The molecule has 1 fully saturated rings. The summed E-state index contributed by atoms with van der Waals surface area (Å²) >= 11 is 0. The molecule has 0 amide bonds. The van der Waals surface area contributed by atoms with Crippen molar-refractivity contribution in [2.75, 3.05) is 31.2 Å². The maximum Gasteiger partial charge on any atom is 0.171 e. The van der Waals surface area contributed by atoms with Crippen molar-refractivity contribution < 1.29 is 9.47 Å². The van der Waals surface area contributed by atoms with E-state index in [1.54, 1.807) is 6.20 Å². The van der Waals surface area contributed by atoms with Crippen molar-refractivity contribution in [3.63, 3.8) is 0 Å². The lowest BCUT2D eigenvalue weighted by Crippen LogP contribution is -2.48. The van der Waals surface area contributed by atoms with E-state index in [0.29, 0.717) is 19.8 Å². The van der Waals surface area contributed by atoms with Gasteiger partial charge in [-0.1, -0.05) is 6.92 Å².